The van der Waals surface area contributed by atoms with Crippen LogP contribution in [0.15, 0.2) is 54.9 Å². The second-order valence-corrected chi connectivity index (χ2v) is 5.40. The highest BCUT2D eigenvalue weighted by Crippen LogP contribution is 2.26. The van der Waals surface area contributed by atoms with Crippen molar-refractivity contribution in [2.24, 2.45) is 0 Å². The van der Waals surface area contributed by atoms with Gasteiger partial charge < -0.3 is 4.74 Å². The third-order valence-electron chi connectivity index (χ3n) is 3.47. The fourth-order valence-electron chi connectivity index (χ4n) is 2.28. The second kappa shape index (κ2) is 6.58. The number of ether oxygens (including phenoxy) is 1. The predicted octanol–water partition coefficient (Wildman–Crippen LogP) is 4.18. The Balaban J connectivity index is 1.88. The van der Waals surface area contributed by atoms with Gasteiger partial charge in [0.15, 0.2) is 5.82 Å². The van der Waals surface area contributed by atoms with E-state index in [1.807, 2.05) is 31.2 Å². The normalized spacial score (nSPS) is 10.5. The summed E-state index contributed by atoms with van der Waals surface area (Å²) in [5.74, 6) is -0.245. The van der Waals surface area contributed by atoms with Gasteiger partial charge in [-0.25, -0.2) is 14.4 Å². The molecule has 0 aliphatic heterocycles. The Bertz CT molecular complexity index is 875. The van der Waals surface area contributed by atoms with Crippen LogP contribution in [0.3, 0.4) is 0 Å². The van der Waals surface area contributed by atoms with E-state index in [9.17, 15) is 9.18 Å². The molecule has 3 rings (SSSR count). The standard InChI is InChI=1S/C19H15FN2O2/c1-12-3-5-14(6-4-12)19-21-10-15(11-22-19)17-8-7-16(9-18(17)20)24-13(2)23/h3-11H,1-2H3. The number of carbonyl (C=O) groups is 1. The van der Waals surface area contributed by atoms with Gasteiger partial charge in [-0.3, -0.25) is 4.79 Å². The van der Waals surface area contributed by atoms with Crippen LogP contribution in [0.5, 0.6) is 5.75 Å². The van der Waals surface area contributed by atoms with Crippen molar-refractivity contribution >= 4 is 5.97 Å². The molecule has 0 bridgehead atoms. The highest BCUT2D eigenvalue weighted by Gasteiger charge is 2.10. The quantitative estimate of drug-likeness (QED) is 0.536. The van der Waals surface area contributed by atoms with Crippen LogP contribution in [0.25, 0.3) is 22.5 Å². The zero-order valence-corrected chi connectivity index (χ0v) is 13.3. The van der Waals surface area contributed by atoms with Crippen molar-refractivity contribution in [3.05, 3.63) is 66.2 Å². The maximum Gasteiger partial charge on any atom is 0.308 e. The third kappa shape index (κ3) is 3.46. The molecule has 0 spiro atoms. The molecule has 2 aromatic carbocycles. The number of nitrogens with zero attached hydrogens (tertiary/aromatic N) is 2. The zero-order valence-electron chi connectivity index (χ0n) is 13.3. The molecule has 0 aliphatic carbocycles. The number of halogens is 1. The topological polar surface area (TPSA) is 52.1 Å². The summed E-state index contributed by atoms with van der Waals surface area (Å²) < 4.78 is 19.1. The van der Waals surface area contributed by atoms with E-state index in [1.165, 1.54) is 25.1 Å². The molecule has 0 fully saturated rings. The summed E-state index contributed by atoms with van der Waals surface area (Å²) in [6.45, 7) is 3.28. The minimum absolute atomic E-state index is 0.168. The van der Waals surface area contributed by atoms with Crippen molar-refractivity contribution in [3.8, 4) is 28.3 Å². The fraction of sp³-hybridized carbons (Fsp3) is 0.105. The van der Waals surface area contributed by atoms with Crippen molar-refractivity contribution < 1.29 is 13.9 Å². The Kier molecular flexibility index (Phi) is 4.33. The predicted molar refractivity (Wildman–Crippen MR) is 88.9 cm³/mol. The largest absolute Gasteiger partial charge is 0.427 e. The molecule has 0 radical (unpaired) electrons. The fourth-order valence-corrected chi connectivity index (χ4v) is 2.28. The van der Waals surface area contributed by atoms with Gasteiger partial charge in [0.2, 0.25) is 0 Å². The van der Waals surface area contributed by atoms with Gasteiger partial charge in [0, 0.05) is 42.1 Å². The number of aryl methyl sites for hydroxylation is 1. The molecule has 5 heteroatoms. The average Bonchev–Trinajstić information content (AvgIpc) is 2.55. The average molecular weight is 322 g/mol. The molecule has 4 nitrogen and oxygen atoms in total. The molecule has 0 atom stereocenters. The van der Waals surface area contributed by atoms with Gasteiger partial charge in [-0.1, -0.05) is 29.8 Å². The first-order valence-corrected chi connectivity index (χ1v) is 7.40. The van der Waals surface area contributed by atoms with Gasteiger partial charge in [0.25, 0.3) is 0 Å². The molecule has 0 unspecified atom stereocenters. The van der Waals surface area contributed by atoms with Crippen LogP contribution in [0, 0.1) is 12.7 Å². The molecule has 3 aromatic rings. The maximum absolute atomic E-state index is 14.2. The van der Waals surface area contributed by atoms with Crippen LogP contribution in [0.1, 0.15) is 12.5 Å². The molecule has 1 heterocycles. The first kappa shape index (κ1) is 15.8. The Morgan fingerprint density at radius 2 is 1.67 bits per heavy atom. The number of hydrogen-bond donors (Lipinski definition) is 0. The minimum Gasteiger partial charge on any atom is -0.427 e. The summed E-state index contributed by atoms with van der Waals surface area (Å²) in [7, 11) is 0. The molecule has 1 aromatic heterocycles. The first-order valence-electron chi connectivity index (χ1n) is 7.40. The van der Waals surface area contributed by atoms with Crippen molar-refractivity contribution in [2.45, 2.75) is 13.8 Å². The summed E-state index contributed by atoms with van der Waals surface area (Å²) >= 11 is 0. The van der Waals surface area contributed by atoms with E-state index in [1.54, 1.807) is 12.4 Å². The zero-order chi connectivity index (χ0) is 17.1. The molecule has 0 aliphatic rings. The number of rotatable bonds is 3. The lowest BCUT2D eigenvalue weighted by Crippen LogP contribution is -2.01. The highest BCUT2D eigenvalue weighted by atomic mass is 19.1. The van der Waals surface area contributed by atoms with E-state index in [0.717, 1.165) is 11.1 Å². The molecule has 0 saturated heterocycles. The Morgan fingerprint density at radius 1 is 1.00 bits per heavy atom. The summed E-state index contributed by atoms with van der Waals surface area (Å²) in [6, 6.07) is 12.1. The van der Waals surface area contributed by atoms with Crippen molar-refractivity contribution in [3.63, 3.8) is 0 Å². The van der Waals surface area contributed by atoms with Crippen LogP contribution in [0.4, 0.5) is 4.39 Å². The number of esters is 1. The van der Waals surface area contributed by atoms with E-state index in [-0.39, 0.29) is 5.75 Å². The van der Waals surface area contributed by atoms with Crippen LogP contribution >= 0.6 is 0 Å². The van der Waals surface area contributed by atoms with Gasteiger partial charge in [0.1, 0.15) is 11.6 Å². The van der Waals surface area contributed by atoms with Crippen molar-refractivity contribution in [1.29, 1.82) is 0 Å². The van der Waals surface area contributed by atoms with Gasteiger partial charge >= 0.3 is 5.97 Å². The third-order valence-corrected chi connectivity index (χ3v) is 3.47. The summed E-state index contributed by atoms with van der Waals surface area (Å²) in [5, 5.41) is 0. The maximum atomic E-state index is 14.2. The van der Waals surface area contributed by atoms with Crippen LogP contribution in [0.2, 0.25) is 0 Å². The second-order valence-electron chi connectivity index (χ2n) is 5.40. The van der Waals surface area contributed by atoms with E-state index in [0.29, 0.717) is 17.0 Å². The number of aromatic nitrogens is 2. The van der Waals surface area contributed by atoms with Gasteiger partial charge in [-0.15, -0.1) is 0 Å². The lowest BCUT2D eigenvalue weighted by atomic mass is 10.1. The number of carbonyl (C=O) groups excluding carboxylic acids is 1. The highest BCUT2D eigenvalue weighted by molar-refractivity contribution is 5.70. The minimum atomic E-state index is -0.500. The summed E-state index contributed by atoms with van der Waals surface area (Å²) in [4.78, 5) is 19.5. The molecular weight excluding hydrogens is 307 g/mol. The summed E-state index contributed by atoms with van der Waals surface area (Å²) in [5.41, 5.74) is 2.96. The monoisotopic (exact) mass is 322 g/mol. The molecule has 24 heavy (non-hydrogen) atoms. The van der Waals surface area contributed by atoms with Crippen LogP contribution < -0.4 is 4.74 Å². The van der Waals surface area contributed by atoms with Gasteiger partial charge in [-0.2, -0.15) is 0 Å². The lowest BCUT2D eigenvalue weighted by Gasteiger charge is -2.07. The van der Waals surface area contributed by atoms with Crippen molar-refractivity contribution in [1.82, 2.24) is 9.97 Å². The first-order chi connectivity index (χ1) is 11.5. The van der Waals surface area contributed by atoms with Gasteiger partial charge in [0.05, 0.1) is 0 Å². The van der Waals surface area contributed by atoms with Crippen LogP contribution in [-0.2, 0) is 4.79 Å². The van der Waals surface area contributed by atoms with Crippen molar-refractivity contribution in [2.75, 3.05) is 0 Å². The molecular formula is C19H15FN2O2. The van der Waals surface area contributed by atoms with E-state index in [4.69, 9.17) is 4.74 Å². The van der Waals surface area contributed by atoms with Crippen LogP contribution in [-0.4, -0.2) is 15.9 Å². The lowest BCUT2D eigenvalue weighted by molar-refractivity contribution is -0.131. The summed E-state index contributed by atoms with van der Waals surface area (Å²) in [6.07, 6.45) is 3.15. The van der Waals surface area contributed by atoms with E-state index >= 15 is 0 Å². The number of benzene rings is 2. The van der Waals surface area contributed by atoms with E-state index in [2.05, 4.69) is 9.97 Å². The Labute approximate surface area is 139 Å². The van der Waals surface area contributed by atoms with Gasteiger partial charge in [-0.05, 0) is 19.1 Å². The smallest absolute Gasteiger partial charge is 0.308 e. The SMILES string of the molecule is CC(=O)Oc1ccc(-c2cnc(-c3ccc(C)cc3)nc2)c(F)c1. The molecule has 0 saturated carbocycles. The Hall–Kier alpha value is -3.08. The molecule has 0 N–H and O–H groups in total. The molecule has 0 amide bonds. The molecule has 120 valence electrons. The van der Waals surface area contributed by atoms with E-state index < -0.39 is 11.8 Å². The Morgan fingerprint density at radius 3 is 2.25 bits per heavy atom. The number of hydrogen-bond acceptors (Lipinski definition) is 4.